The molecule has 1 spiro atoms. The topological polar surface area (TPSA) is 54.8 Å². The second-order valence-electron chi connectivity index (χ2n) is 8.57. The first-order valence-electron chi connectivity index (χ1n) is 10.5. The molecular weight excluding hydrogens is 404 g/mol. The van der Waals surface area contributed by atoms with Crippen molar-refractivity contribution in [1.82, 2.24) is 14.4 Å². The lowest BCUT2D eigenvalue weighted by Gasteiger charge is -2.37. The van der Waals surface area contributed by atoms with E-state index in [1.165, 1.54) is 6.08 Å². The Morgan fingerprint density at radius 2 is 1.97 bits per heavy atom. The summed E-state index contributed by atoms with van der Waals surface area (Å²) in [6.45, 7) is 5.94. The summed E-state index contributed by atoms with van der Waals surface area (Å²) in [6, 6.07) is 1.41. The molecule has 0 saturated carbocycles. The number of allylic oxidation sites excluding steroid dienone is 3. The van der Waals surface area contributed by atoms with Crippen LogP contribution in [0.2, 0.25) is 0 Å². The summed E-state index contributed by atoms with van der Waals surface area (Å²) in [7, 11) is 1.86. The fourth-order valence-electron chi connectivity index (χ4n) is 4.80. The Hall–Kier alpha value is -2.74. The molecule has 4 heterocycles. The monoisotopic (exact) mass is 431 g/mol. The molecule has 6 nitrogen and oxygen atoms in total. The third kappa shape index (κ3) is 3.96. The summed E-state index contributed by atoms with van der Waals surface area (Å²) in [5.41, 5.74) is 0.0954. The fourth-order valence-corrected chi connectivity index (χ4v) is 4.80. The molecule has 8 heteroatoms. The van der Waals surface area contributed by atoms with Crippen molar-refractivity contribution in [3.63, 3.8) is 0 Å². The highest BCUT2D eigenvalue weighted by molar-refractivity contribution is 5.94. The van der Waals surface area contributed by atoms with Gasteiger partial charge >= 0.3 is 0 Å². The van der Waals surface area contributed by atoms with E-state index < -0.39 is 17.3 Å². The summed E-state index contributed by atoms with van der Waals surface area (Å²) < 4.78 is 34.9. The minimum atomic E-state index is -0.950. The van der Waals surface area contributed by atoms with E-state index in [9.17, 15) is 18.4 Å². The van der Waals surface area contributed by atoms with Crippen LogP contribution in [-0.2, 0) is 16.6 Å². The molecule has 0 aliphatic carbocycles. The molecule has 0 radical (unpaired) electrons. The van der Waals surface area contributed by atoms with Crippen LogP contribution in [0.3, 0.4) is 0 Å². The standard InChI is InChI=1S/C23H27F2N3O3/c1-15(12-18(25)13-16(2)24)19-4-5-20-28(19)22(30)23(31-20)7-10-27(11-8-23)21(29)17-6-9-26(3)14-17/h6,9,12-14,19-20H,1,4-5,7-8,10-11H2,2-3H3/b16-13+,18-12+/t19-,20+/m0/s1. The van der Waals surface area contributed by atoms with Gasteiger partial charge in [-0.25, -0.2) is 8.78 Å². The quantitative estimate of drug-likeness (QED) is 0.684. The molecule has 4 rings (SSSR count). The number of nitrogens with zero attached hydrogens (tertiary/aromatic N) is 3. The molecule has 31 heavy (non-hydrogen) atoms. The van der Waals surface area contributed by atoms with Gasteiger partial charge in [0.25, 0.3) is 11.8 Å². The lowest BCUT2D eigenvalue weighted by atomic mass is 9.89. The SMILES string of the molecule is C=C(/C=C(F)\C=C(/C)F)[C@@H]1CC[C@H]2OC3(CCN(C(=O)c4ccn(C)c4)CC3)C(=O)N21. The number of carbonyl (C=O) groups excluding carboxylic acids is 2. The van der Waals surface area contributed by atoms with Gasteiger partial charge in [-0.2, -0.15) is 0 Å². The second kappa shape index (κ2) is 8.07. The third-order valence-corrected chi connectivity index (χ3v) is 6.34. The van der Waals surface area contributed by atoms with Crippen LogP contribution < -0.4 is 0 Å². The van der Waals surface area contributed by atoms with Gasteiger partial charge in [0.05, 0.1) is 17.4 Å². The van der Waals surface area contributed by atoms with Gasteiger partial charge < -0.3 is 19.1 Å². The molecule has 2 amide bonds. The Balaban J connectivity index is 1.44. The van der Waals surface area contributed by atoms with E-state index in [0.29, 0.717) is 49.9 Å². The van der Waals surface area contributed by atoms with Gasteiger partial charge in [0, 0.05) is 51.4 Å². The first kappa shape index (κ1) is 21.5. The van der Waals surface area contributed by atoms with E-state index in [1.54, 1.807) is 22.1 Å². The lowest BCUT2D eigenvalue weighted by Crippen LogP contribution is -2.52. The van der Waals surface area contributed by atoms with Crippen molar-refractivity contribution in [3.05, 3.63) is 60.0 Å². The summed E-state index contributed by atoms with van der Waals surface area (Å²) >= 11 is 0. The molecule has 3 saturated heterocycles. The van der Waals surface area contributed by atoms with Gasteiger partial charge in [-0.3, -0.25) is 9.59 Å². The molecule has 0 aromatic carbocycles. The molecule has 1 aromatic rings. The number of amides is 2. The van der Waals surface area contributed by atoms with Gasteiger partial charge in [-0.05, 0) is 37.5 Å². The van der Waals surface area contributed by atoms with Crippen molar-refractivity contribution >= 4 is 11.8 Å². The highest BCUT2D eigenvalue weighted by atomic mass is 19.1. The Labute approximate surface area is 180 Å². The van der Waals surface area contributed by atoms with Crippen LogP contribution in [0.1, 0.15) is 43.0 Å². The number of hydrogen-bond donors (Lipinski definition) is 0. The van der Waals surface area contributed by atoms with Crippen molar-refractivity contribution in [2.45, 2.75) is 50.5 Å². The molecule has 166 valence electrons. The van der Waals surface area contributed by atoms with E-state index in [2.05, 4.69) is 6.58 Å². The van der Waals surface area contributed by atoms with Crippen molar-refractivity contribution < 1.29 is 23.1 Å². The number of fused-ring (bicyclic) bond motifs is 1. The number of carbonyl (C=O) groups is 2. The van der Waals surface area contributed by atoms with E-state index in [4.69, 9.17) is 4.74 Å². The highest BCUT2D eigenvalue weighted by Crippen LogP contribution is 2.44. The van der Waals surface area contributed by atoms with Gasteiger partial charge in [0.15, 0.2) is 5.60 Å². The Bertz CT molecular complexity index is 968. The number of hydrogen-bond acceptors (Lipinski definition) is 3. The summed E-state index contributed by atoms with van der Waals surface area (Å²) in [5.74, 6) is -1.55. The Kier molecular flexibility index (Phi) is 5.60. The Morgan fingerprint density at radius 3 is 2.58 bits per heavy atom. The van der Waals surface area contributed by atoms with Gasteiger partial charge in [0.2, 0.25) is 0 Å². The van der Waals surface area contributed by atoms with Crippen molar-refractivity contribution in [2.24, 2.45) is 7.05 Å². The fraction of sp³-hybridized carbons (Fsp3) is 0.478. The van der Waals surface area contributed by atoms with Crippen LogP contribution in [0.4, 0.5) is 8.78 Å². The summed E-state index contributed by atoms with van der Waals surface area (Å²) in [6.07, 6.45) is 7.30. The predicted octanol–water partition coefficient (Wildman–Crippen LogP) is 3.63. The van der Waals surface area contributed by atoms with E-state index in [0.717, 1.165) is 13.0 Å². The molecule has 3 aliphatic heterocycles. The summed E-state index contributed by atoms with van der Waals surface area (Å²) in [4.78, 5) is 29.5. The number of piperidine rings is 1. The molecule has 0 unspecified atom stereocenters. The first-order chi connectivity index (χ1) is 14.7. The molecule has 3 fully saturated rings. The average molecular weight is 431 g/mol. The summed E-state index contributed by atoms with van der Waals surface area (Å²) in [5, 5.41) is 0. The Morgan fingerprint density at radius 1 is 1.26 bits per heavy atom. The number of rotatable bonds is 4. The smallest absolute Gasteiger partial charge is 0.257 e. The first-order valence-corrected chi connectivity index (χ1v) is 10.5. The maximum atomic E-state index is 13.9. The van der Waals surface area contributed by atoms with Gasteiger partial charge in [-0.15, -0.1) is 0 Å². The molecular formula is C23H27F2N3O3. The number of ether oxygens (including phenoxy) is 1. The maximum absolute atomic E-state index is 13.9. The van der Waals surface area contributed by atoms with E-state index in [1.807, 2.05) is 17.8 Å². The zero-order valence-corrected chi connectivity index (χ0v) is 17.8. The van der Waals surface area contributed by atoms with Gasteiger partial charge in [0.1, 0.15) is 12.1 Å². The molecule has 0 N–H and O–H groups in total. The molecule has 3 aliphatic rings. The maximum Gasteiger partial charge on any atom is 0.257 e. The van der Waals surface area contributed by atoms with Crippen LogP contribution in [0.5, 0.6) is 0 Å². The molecule has 0 bridgehead atoms. The second-order valence-corrected chi connectivity index (χ2v) is 8.57. The van der Waals surface area contributed by atoms with E-state index >= 15 is 0 Å². The molecule has 1 aromatic heterocycles. The van der Waals surface area contributed by atoms with Crippen molar-refractivity contribution in [3.8, 4) is 0 Å². The van der Waals surface area contributed by atoms with Gasteiger partial charge in [-0.1, -0.05) is 6.58 Å². The zero-order valence-electron chi connectivity index (χ0n) is 17.8. The number of aryl methyl sites for hydroxylation is 1. The largest absolute Gasteiger partial charge is 0.356 e. The minimum Gasteiger partial charge on any atom is -0.356 e. The normalized spacial score (nSPS) is 26.0. The highest BCUT2D eigenvalue weighted by Gasteiger charge is 2.58. The van der Waals surface area contributed by atoms with Crippen LogP contribution in [0.15, 0.2) is 54.4 Å². The van der Waals surface area contributed by atoms with Crippen molar-refractivity contribution in [1.29, 1.82) is 0 Å². The average Bonchev–Trinajstić information content (AvgIpc) is 3.38. The van der Waals surface area contributed by atoms with Crippen LogP contribution in [-0.4, -0.2) is 57.1 Å². The van der Waals surface area contributed by atoms with Crippen LogP contribution >= 0.6 is 0 Å². The lowest BCUT2D eigenvalue weighted by molar-refractivity contribution is -0.142. The zero-order chi connectivity index (χ0) is 22.3. The number of halogens is 2. The van der Waals surface area contributed by atoms with E-state index in [-0.39, 0.29) is 24.1 Å². The van der Waals surface area contributed by atoms with Crippen molar-refractivity contribution in [2.75, 3.05) is 13.1 Å². The minimum absolute atomic E-state index is 0.0514. The molecule has 2 atom stereocenters. The number of aromatic nitrogens is 1. The van der Waals surface area contributed by atoms with Crippen LogP contribution in [0, 0.1) is 0 Å². The third-order valence-electron chi connectivity index (χ3n) is 6.34. The number of likely N-dealkylation sites (tertiary alicyclic amines) is 1. The van der Waals surface area contributed by atoms with Crippen LogP contribution in [0.25, 0.3) is 0 Å². The predicted molar refractivity (Wildman–Crippen MR) is 111 cm³/mol.